The summed E-state index contributed by atoms with van der Waals surface area (Å²) < 4.78 is 3.04. The monoisotopic (exact) mass is 354 g/mol. The van der Waals surface area contributed by atoms with E-state index in [-0.39, 0.29) is 24.6 Å². The van der Waals surface area contributed by atoms with Crippen molar-refractivity contribution in [2.75, 3.05) is 5.32 Å². The Kier molecular flexibility index (Phi) is 5.07. The SMILES string of the molecule is Cc1cccc(Cn2cnc(NC(=O)c3ccn(CCC(=O)O)n3)n2)c1. The molecule has 3 rings (SSSR count). The average Bonchev–Trinajstić information content (AvgIpc) is 3.22. The van der Waals surface area contributed by atoms with Crippen LogP contribution in [0.4, 0.5) is 5.95 Å². The molecule has 0 bridgehead atoms. The van der Waals surface area contributed by atoms with Crippen molar-refractivity contribution >= 4 is 17.8 Å². The van der Waals surface area contributed by atoms with Crippen molar-refractivity contribution in [1.29, 1.82) is 0 Å². The molecule has 3 aromatic rings. The second-order valence-electron chi connectivity index (χ2n) is 5.82. The Morgan fingerprint density at radius 1 is 1.19 bits per heavy atom. The molecule has 134 valence electrons. The van der Waals surface area contributed by atoms with Gasteiger partial charge in [0, 0.05) is 6.20 Å². The van der Waals surface area contributed by atoms with Gasteiger partial charge in [-0.15, -0.1) is 5.10 Å². The van der Waals surface area contributed by atoms with Gasteiger partial charge < -0.3 is 5.11 Å². The molecular weight excluding hydrogens is 336 g/mol. The molecule has 1 aromatic carbocycles. The third-order valence-corrected chi connectivity index (χ3v) is 3.62. The van der Waals surface area contributed by atoms with Crippen LogP contribution in [0.25, 0.3) is 0 Å². The number of nitrogens with zero attached hydrogens (tertiary/aromatic N) is 5. The molecule has 2 heterocycles. The number of carboxylic acid groups (broad SMARTS) is 1. The van der Waals surface area contributed by atoms with E-state index in [0.29, 0.717) is 6.54 Å². The van der Waals surface area contributed by atoms with Gasteiger partial charge in [-0.1, -0.05) is 29.8 Å². The molecule has 0 aliphatic rings. The Balaban J connectivity index is 1.60. The number of hydrogen-bond donors (Lipinski definition) is 2. The summed E-state index contributed by atoms with van der Waals surface area (Å²) in [5, 5.41) is 19.5. The molecule has 0 radical (unpaired) electrons. The highest BCUT2D eigenvalue weighted by atomic mass is 16.4. The lowest BCUT2D eigenvalue weighted by atomic mass is 10.1. The summed E-state index contributed by atoms with van der Waals surface area (Å²) in [6.45, 7) is 2.77. The normalized spacial score (nSPS) is 10.7. The van der Waals surface area contributed by atoms with Crippen molar-refractivity contribution in [2.45, 2.75) is 26.4 Å². The third kappa shape index (κ3) is 4.53. The summed E-state index contributed by atoms with van der Waals surface area (Å²) >= 11 is 0. The maximum atomic E-state index is 12.2. The minimum atomic E-state index is -0.921. The van der Waals surface area contributed by atoms with Crippen LogP contribution in [-0.2, 0) is 17.9 Å². The first-order chi connectivity index (χ1) is 12.5. The van der Waals surface area contributed by atoms with Crippen LogP contribution < -0.4 is 5.32 Å². The van der Waals surface area contributed by atoms with Gasteiger partial charge in [0.25, 0.3) is 5.91 Å². The average molecular weight is 354 g/mol. The number of aromatic nitrogens is 5. The molecule has 0 spiro atoms. The van der Waals surface area contributed by atoms with Crippen LogP contribution in [0.15, 0.2) is 42.9 Å². The third-order valence-electron chi connectivity index (χ3n) is 3.62. The Labute approximate surface area is 149 Å². The lowest BCUT2D eigenvalue weighted by molar-refractivity contribution is -0.137. The Morgan fingerprint density at radius 2 is 2.04 bits per heavy atom. The highest BCUT2D eigenvalue weighted by Crippen LogP contribution is 2.07. The van der Waals surface area contributed by atoms with Crippen LogP contribution in [0.2, 0.25) is 0 Å². The minimum absolute atomic E-state index is 0.0618. The van der Waals surface area contributed by atoms with Gasteiger partial charge >= 0.3 is 5.97 Å². The van der Waals surface area contributed by atoms with Crippen LogP contribution >= 0.6 is 0 Å². The van der Waals surface area contributed by atoms with E-state index in [2.05, 4.69) is 26.6 Å². The van der Waals surface area contributed by atoms with Crippen LogP contribution in [0.5, 0.6) is 0 Å². The molecule has 0 saturated carbocycles. The van der Waals surface area contributed by atoms with E-state index in [0.717, 1.165) is 11.1 Å². The maximum absolute atomic E-state index is 12.2. The summed E-state index contributed by atoms with van der Waals surface area (Å²) in [5.74, 6) is -1.19. The first-order valence-electron chi connectivity index (χ1n) is 8.01. The highest BCUT2D eigenvalue weighted by Gasteiger charge is 2.13. The first kappa shape index (κ1) is 17.3. The fourth-order valence-electron chi connectivity index (χ4n) is 2.41. The number of aliphatic carboxylic acids is 1. The molecule has 0 aliphatic heterocycles. The summed E-state index contributed by atoms with van der Waals surface area (Å²) in [5.41, 5.74) is 2.42. The predicted molar refractivity (Wildman–Crippen MR) is 92.7 cm³/mol. The van der Waals surface area contributed by atoms with Gasteiger partial charge in [-0.05, 0) is 18.6 Å². The fraction of sp³-hybridized carbons (Fsp3) is 0.235. The smallest absolute Gasteiger partial charge is 0.305 e. The van der Waals surface area contributed by atoms with Crippen molar-refractivity contribution in [2.24, 2.45) is 0 Å². The second-order valence-corrected chi connectivity index (χ2v) is 5.82. The number of nitrogens with one attached hydrogen (secondary N) is 1. The predicted octanol–water partition coefficient (Wildman–Crippen LogP) is 1.56. The summed E-state index contributed by atoms with van der Waals surface area (Å²) in [4.78, 5) is 26.8. The molecule has 9 heteroatoms. The summed E-state index contributed by atoms with van der Waals surface area (Å²) in [6, 6.07) is 9.57. The highest BCUT2D eigenvalue weighted by molar-refractivity contribution is 6.01. The number of carboxylic acids is 1. The van der Waals surface area contributed by atoms with Crippen molar-refractivity contribution in [3.8, 4) is 0 Å². The van der Waals surface area contributed by atoms with E-state index in [9.17, 15) is 9.59 Å². The largest absolute Gasteiger partial charge is 0.481 e. The quantitative estimate of drug-likeness (QED) is 0.665. The molecule has 2 aromatic heterocycles. The molecule has 2 N–H and O–H groups in total. The lowest BCUT2D eigenvalue weighted by Crippen LogP contribution is -2.15. The lowest BCUT2D eigenvalue weighted by Gasteiger charge is -2.02. The van der Waals surface area contributed by atoms with Crippen LogP contribution in [-0.4, -0.2) is 41.5 Å². The topological polar surface area (TPSA) is 115 Å². The molecule has 26 heavy (non-hydrogen) atoms. The molecule has 9 nitrogen and oxygen atoms in total. The van der Waals surface area contributed by atoms with Crippen molar-refractivity contribution in [3.63, 3.8) is 0 Å². The summed E-state index contributed by atoms with van der Waals surface area (Å²) in [6.07, 6.45) is 3.04. The van der Waals surface area contributed by atoms with E-state index in [1.54, 1.807) is 17.2 Å². The number of rotatable bonds is 7. The fourth-order valence-corrected chi connectivity index (χ4v) is 2.41. The van der Waals surface area contributed by atoms with Crippen LogP contribution in [0.1, 0.15) is 28.0 Å². The van der Waals surface area contributed by atoms with E-state index in [1.165, 1.54) is 10.7 Å². The van der Waals surface area contributed by atoms with Gasteiger partial charge in [0.15, 0.2) is 5.69 Å². The van der Waals surface area contributed by atoms with Crippen molar-refractivity contribution in [3.05, 3.63) is 59.7 Å². The molecular formula is C17H18N6O3. The Morgan fingerprint density at radius 3 is 2.81 bits per heavy atom. The molecule has 1 amide bonds. The minimum Gasteiger partial charge on any atom is -0.481 e. The molecule has 0 fully saturated rings. The zero-order valence-electron chi connectivity index (χ0n) is 14.2. The van der Waals surface area contributed by atoms with Crippen LogP contribution in [0.3, 0.4) is 0 Å². The van der Waals surface area contributed by atoms with Gasteiger partial charge in [-0.25, -0.2) is 9.67 Å². The van der Waals surface area contributed by atoms with Crippen molar-refractivity contribution in [1.82, 2.24) is 24.5 Å². The van der Waals surface area contributed by atoms with E-state index >= 15 is 0 Å². The number of amides is 1. The van der Waals surface area contributed by atoms with Crippen molar-refractivity contribution < 1.29 is 14.7 Å². The molecule has 0 atom stereocenters. The van der Waals surface area contributed by atoms with E-state index < -0.39 is 11.9 Å². The Bertz CT molecular complexity index is 930. The maximum Gasteiger partial charge on any atom is 0.305 e. The standard InChI is InChI=1S/C17H18N6O3/c1-12-3-2-4-13(9-12)10-23-11-18-17(21-23)19-16(26)14-5-7-22(20-14)8-6-15(24)25/h2-5,7,9,11H,6,8,10H2,1H3,(H,24,25)(H,19,21,26). The molecule has 0 saturated heterocycles. The number of carbonyl (C=O) groups is 2. The number of hydrogen-bond acceptors (Lipinski definition) is 5. The van der Waals surface area contributed by atoms with Crippen LogP contribution in [0, 0.1) is 6.92 Å². The molecule has 0 unspecified atom stereocenters. The number of carbonyl (C=O) groups excluding carboxylic acids is 1. The van der Waals surface area contributed by atoms with E-state index in [4.69, 9.17) is 5.11 Å². The van der Waals surface area contributed by atoms with Gasteiger partial charge in [-0.2, -0.15) is 5.10 Å². The number of benzene rings is 1. The zero-order valence-corrected chi connectivity index (χ0v) is 14.2. The number of anilines is 1. The first-order valence-corrected chi connectivity index (χ1v) is 8.01. The zero-order chi connectivity index (χ0) is 18.5. The Hall–Kier alpha value is -3.49. The molecule has 0 aliphatic carbocycles. The number of aryl methyl sites for hydroxylation is 2. The van der Waals surface area contributed by atoms with Gasteiger partial charge in [-0.3, -0.25) is 19.6 Å². The summed E-state index contributed by atoms with van der Waals surface area (Å²) in [7, 11) is 0. The van der Waals surface area contributed by atoms with Gasteiger partial charge in [0.1, 0.15) is 6.33 Å². The van der Waals surface area contributed by atoms with Gasteiger partial charge in [0.2, 0.25) is 5.95 Å². The van der Waals surface area contributed by atoms with Gasteiger partial charge in [0.05, 0.1) is 19.5 Å². The van der Waals surface area contributed by atoms with E-state index in [1.807, 2.05) is 25.1 Å². The second kappa shape index (κ2) is 7.60.